The molecule has 6 aromatic rings. The van der Waals surface area contributed by atoms with Crippen molar-refractivity contribution in [2.24, 2.45) is 0 Å². The molecule has 1 atom stereocenters. The SMILES string of the molecule is Brc1ccc2c(c1)C(c1ccccc1N(c1ccccc1)c1ccccc1)c1ccc3ccccc3c1-2. The Kier molecular flexibility index (Phi) is 5.41. The van der Waals surface area contributed by atoms with Gasteiger partial charge in [0.1, 0.15) is 0 Å². The van der Waals surface area contributed by atoms with Gasteiger partial charge < -0.3 is 4.90 Å². The van der Waals surface area contributed by atoms with Gasteiger partial charge in [-0.05, 0) is 81.1 Å². The maximum atomic E-state index is 3.77. The normalized spacial score (nSPS) is 13.8. The summed E-state index contributed by atoms with van der Waals surface area (Å²) >= 11 is 3.77. The zero-order valence-corrected chi connectivity index (χ0v) is 21.8. The summed E-state index contributed by atoms with van der Waals surface area (Å²) in [6.07, 6.45) is 0. The highest BCUT2D eigenvalue weighted by molar-refractivity contribution is 9.10. The van der Waals surface area contributed by atoms with E-state index in [2.05, 4.69) is 160 Å². The number of para-hydroxylation sites is 3. The van der Waals surface area contributed by atoms with Crippen LogP contribution >= 0.6 is 15.9 Å². The molecule has 176 valence electrons. The van der Waals surface area contributed by atoms with Crippen LogP contribution in [0.3, 0.4) is 0 Å². The number of anilines is 3. The fourth-order valence-corrected chi connectivity index (χ4v) is 6.23. The second-order valence-electron chi connectivity index (χ2n) is 9.48. The molecule has 37 heavy (non-hydrogen) atoms. The number of nitrogens with zero attached hydrogens (tertiary/aromatic N) is 1. The molecule has 0 spiro atoms. The van der Waals surface area contributed by atoms with Crippen molar-refractivity contribution in [1.82, 2.24) is 0 Å². The molecule has 0 saturated heterocycles. The molecule has 1 nitrogen and oxygen atoms in total. The number of fused-ring (bicyclic) bond motifs is 5. The Morgan fingerprint density at radius 3 is 1.92 bits per heavy atom. The summed E-state index contributed by atoms with van der Waals surface area (Å²) in [5.74, 6) is 0.123. The van der Waals surface area contributed by atoms with Crippen molar-refractivity contribution < 1.29 is 0 Å². The van der Waals surface area contributed by atoms with Crippen molar-refractivity contribution >= 4 is 43.8 Å². The van der Waals surface area contributed by atoms with Gasteiger partial charge in [0.25, 0.3) is 0 Å². The van der Waals surface area contributed by atoms with Crippen LogP contribution in [0.1, 0.15) is 22.6 Å². The van der Waals surface area contributed by atoms with E-state index >= 15 is 0 Å². The monoisotopic (exact) mass is 537 g/mol. The molecule has 0 saturated carbocycles. The Morgan fingerprint density at radius 1 is 0.514 bits per heavy atom. The summed E-state index contributed by atoms with van der Waals surface area (Å²) < 4.78 is 1.11. The molecular weight excluding hydrogens is 514 g/mol. The van der Waals surface area contributed by atoms with Gasteiger partial charge in [-0.1, -0.05) is 113 Å². The largest absolute Gasteiger partial charge is 0.310 e. The third-order valence-corrected chi connectivity index (χ3v) is 7.88. The molecule has 0 bridgehead atoms. The van der Waals surface area contributed by atoms with Gasteiger partial charge in [0.15, 0.2) is 0 Å². The van der Waals surface area contributed by atoms with Crippen molar-refractivity contribution in [2.45, 2.75) is 5.92 Å². The van der Waals surface area contributed by atoms with E-state index in [9.17, 15) is 0 Å². The maximum absolute atomic E-state index is 3.77. The minimum Gasteiger partial charge on any atom is -0.310 e. The Labute approximate surface area is 225 Å². The zero-order chi connectivity index (χ0) is 24.8. The maximum Gasteiger partial charge on any atom is 0.0503 e. The molecule has 1 aliphatic rings. The highest BCUT2D eigenvalue weighted by Crippen LogP contribution is 2.53. The van der Waals surface area contributed by atoms with Crippen LogP contribution < -0.4 is 4.90 Å². The average molecular weight is 538 g/mol. The van der Waals surface area contributed by atoms with Gasteiger partial charge in [-0.15, -0.1) is 0 Å². The van der Waals surface area contributed by atoms with Gasteiger partial charge in [-0.3, -0.25) is 0 Å². The lowest BCUT2D eigenvalue weighted by molar-refractivity contribution is 1.01. The molecule has 0 amide bonds. The summed E-state index contributed by atoms with van der Waals surface area (Å²) in [6, 6.07) is 50.3. The zero-order valence-electron chi connectivity index (χ0n) is 20.2. The number of hydrogen-bond donors (Lipinski definition) is 0. The van der Waals surface area contributed by atoms with Crippen molar-refractivity contribution in [3.63, 3.8) is 0 Å². The fourth-order valence-electron chi connectivity index (χ4n) is 5.85. The molecule has 0 heterocycles. The molecule has 6 aromatic carbocycles. The second-order valence-corrected chi connectivity index (χ2v) is 10.4. The summed E-state index contributed by atoms with van der Waals surface area (Å²) in [6.45, 7) is 0. The number of halogens is 1. The van der Waals surface area contributed by atoms with Crippen molar-refractivity contribution in [3.05, 3.63) is 161 Å². The fraction of sp³-hybridized carbons (Fsp3) is 0.0286. The van der Waals surface area contributed by atoms with Crippen LogP contribution in [0, 0.1) is 0 Å². The summed E-state index contributed by atoms with van der Waals surface area (Å²) in [7, 11) is 0. The van der Waals surface area contributed by atoms with Gasteiger partial charge in [0.2, 0.25) is 0 Å². The van der Waals surface area contributed by atoms with Crippen LogP contribution in [0.5, 0.6) is 0 Å². The highest BCUT2D eigenvalue weighted by Gasteiger charge is 2.33. The van der Waals surface area contributed by atoms with E-state index in [1.54, 1.807) is 0 Å². The van der Waals surface area contributed by atoms with E-state index in [0.29, 0.717) is 0 Å². The predicted octanol–water partition coefficient (Wildman–Crippen LogP) is 10.2. The Bertz CT molecular complexity index is 1700. The molecule has 0 radical (unpaired) electrons. The quantitative estimate of drug-likeness (QED) is 0.216. The Balaban J connectivity index is 1.51. The van der Waals surface area contributed by atoms with Crippen LogP contribution in [0.4, 0.5) is 17.1 Å². The number of rotatable bonds is 4. The van der Waals surface area contributed by atoms with E-state index in [0.717, 1.165) is 15.8 Å². The first-order chi connectivity index (χ1) is 18.3. The van der Waals surface area contributed by atoms with Crippen molar-refractivity contribution in [3.8, 4) is 11.1 Å². The second kappa shape index (κ2) is 9.06. The molecule has 2 heteroatoms. The van der Waals surface area contributed by atoms with Gasteiger partial charge in [0, 0.05) is 21.8 Å². The lowest BCUT2D eigenvalue weighted by Crippen LogP contribution is -2.14. The molecular formula is C35H24BrN. The number of benzene rings is 6. The Hall–Kier alpha value is -4.14. The van der Waals surface area contributed by atoms with Crippen molar-refractivity contribution in [2.75, 3.05) is 4.90 Å². The molecule has 1 aliphatic carbocycles. The molecule has 0 fully saturated rings. The minimum atomic E-state index is 0.123. The van der Waals surface area contributed by atoms with E-state index in [-0.39, 0.29) is 5.92 Å². The third-order valence-electron chi connectivity index (χ3n) is 7.38. The minimum absolute atomic E-state index is 0.123. The van der Waals surface area contributed by atoms with E-state index in [4.69, 9.17) is 0 Å². The van der Waals surface area contributed by atoms with E-state index in [1.165, 1.54) is 44.3 Å². The molecule has 7 rings (SSSR count). The molecule has 0 aromatic heterocycles. The van der Waals surface area contributed by atoms with Gasteiger partial charge in [-0.25, -0.2) is 0 Å². The summed E-state index contributed by atoms with van der Waals surface area (Å²) in [5.41, 5.74) is 10.2. The molecule has 0 aliphatic heterocycles. The first kappa shape index (κ1) is 22.1. The standard InChI is InChI=1S/C35H24BrN/c36-25-20-22-29-32(23-25)35(31-21-19-24-11-7-8-16-28(24)34(29)31)30-17-9-10-18-33(30)37(26-12-3-1-4-13-26)27-14-5-2-6-15-27/h1-23,35H. The smallest absolute Gasteiger partial charge is 0.0503 e. The predicted molar refractivity (Wildman–Crippen MR) is 159 cm³/mol. The van der Waals surface area contributed by atoms with Gasteiger partial charge in [-0.2, -0.15) is 0 Å². The average Bonchev–Trinajstić information content (AvgIpc) is 3.28. The van der Waals surface area contributed by atoms with E-state index < -0.39 is 0 Å². The van der Waals surface area contributed by atoms with Crippen LogP contribution in [0.15, 0.2) is 144 Å². The van der Waals surface area contributed by atoms with Crippen LogP contribution in [0.2, 0.25) is 0 Å². The number of hydrogen-bond acceptors (Lipinski definition) is 1. The summed E-state index contributed by atoms with van der Waals surface area (Å²) in [5, 5.41) is 2.59. The van der Waals surface area contributed by atoms with E-state index in [1.807, 2.05) is 0 Å². The topological polar surface area (TPSA) is 3.24 Å². The molecule has 0 N–H and O–H groups in total. The third kappa shape index (κ3) is 3.68. The van der Waals surface area contributed by atoms with Gasteiger partial charge in [0.05, 0.1) is 5.69 Å². The lowest BCUT2D eigenvalue weighted by Gasteiger charge is -2.30. The summed E-state index contributed by atoms with van der Waals surface area (Å²) in [4.78, 5) is 2.38. The highest BCUT2D eigenvalue weighted by atomic mass is 79.9. The Morgan fingerprint density at radius 2 is 1.16 bits per heavy atom. The van der Waals surface area contributed by atoms with Crippen molar-refractivity contribution in [1.29, 1.82) is 0 Å². The van der Waals surface area contributed by atoms with Crippen LogP contribution in [0.25, 0.3) is 21.9 Å². The van der Waals surface area contributed by atoms with Gasteiger partial charge >= 0.3 is 0 Å². The lowest BCUT2D eigenvalue weighted by atomic mass is 9.87. The van der Waals surface area contributed by atoms with Crippen LogP contribution in [-0.4, -0.2) is 0 Å². The molecule has 1 unspecified atom stereocenters. The van der Waals surface area contributed by atoms with Crippen LogP contribution in [-0.2, 0) is 0 Å². The first-order valence-electron chi connectivity index (χ1n) is 12.6. The first-order valence-corrected chi connectivity index (χ1v) is 13.4.